The summed E-state index contributed by atoms with van der Waals surface area (Å²) < 4.78 is 11.2. The van der Waals surface area contributed by atoms with Gasteiger partial charge in [-0.2, -0.15) is 0 Å². The van der Waals surface area contributed by atoms with Crippen LogP contribution in [0.2, 0.25) is 0 Å². The van der Waals surface area contributed by atoms with Gasteiger partial charge in [-0.05, 0) is 63.0 Å². The number of nitrogens with zero attached hydrogens (tertiary/aromatic N) is 1. The summed E-state index contributed by atoms with van der Waals surface area (Å²) in [5.74, 6) is 0.185. The van der Waals surface area contributed by atoms with Gasteiger partial charge in [-0.15, -0.1) is 0 Å². The molecule has 0 bridgehead atoms. The Morgan fingerprint density at radius 1 is 1.11 bits per heavy atom. The van der Waals surface area contributed by atoms with E-state index < -0.39 is 0 Å². The Morgan fingerprint density at radius 3 is 2.57 bits per heavy atom. The lowest BCUT2D eigenvalue weighted by atomic mass is 10.0. The molecule has 0 aromatic heterocycles. The van der Waals surface area contributed by atoms with Crippen molar-refractivity contribution in [2.24, 2.45) is 0 Å². The standard InChI is InChI=1S/C23H30N2O3/c1-2-27-22-16-19(11-12-21(22)24)23(26)28-17-20(25-13-7-4-8-14-25)15-18-9-5-3-6-10-18/h3,5-6,9-12,16,20H,2,4,7-8,13-15,17,24H2,1H3/t20-/m0/s1. The fourth-order valence-electron chi connectivity index (χ4n) is 3.66. The molecule has 0 aliphatic carbocycles. The number of nitrogen functional groups attached to an aromatic ring is 1. The average Bonchev–Trinajstić information content (AvgIpc) is 2.74. The van der Waals surface area contributed by atoms with E-state index >= 15 is 0 Å². The largest absolute Gasteiger partial charge is 0.492 e. The summed E-state index contributed by atoms with van der Waals surface area (Å²) in [6, 6.07) is 15.6. The van der Waals surface area contributed by atoms with Crippen molar-refractivity contribution in [3.05, 3.63) is 59.7 Å². The number of nitrogens with two attached hydrogens (primary N) is 1. The number of esters is 1. The minimum absolute atomic E-state index is 0.187. The van der Waals surface area contributed by atoms with Crippen molar-refractivity contribution in [2.75, 3.05) is 32.0 Å². The molecule has 1 saturated heterocycles. The number of ether oxygens (including phenoxy) is 2. The smallest absolute Gasteiger partial charge is 0.338 e. The molecule has 150 valence electrons. The van der Waals surface area contributed by atoms with Gasteiger partial charge < -0.3 is 15.2 Å². The molecule has 0 saturated carbocycles. The van der Waals surface area contributed by atoms with E-state index in [1.54, 1.807) is 18.2 Å². The van der Waals surface area contributed by atoms with Crippen molar-refractivity contribution in [3.63, 3.8) is 0 Å². The topological polar surface area (TPSA) is 64.8 Å². The van der Waals surface area contributed by atoms with Crippen molar-refractivity contribution in [3.8, 4) is 5.75 Å². The number of piperidine rings is 1. The Bertz CT molecular complexity index is 758. The van der Waals surface area contributed by atoms with Crippen LogP contribution in [-0.4, -0.2) is 43.2 Å². The van der Waals surface area contributed by atoms with Gasteiger partial charge in [0.2, 0.25) is 0 Å². The highest BCUT2D eigenvalue weighted by molar-refractivity contribution is 5.90. The van der Waals surface area contributed by atoms with E-state index in [-0.39, 0.29) is 12.0 Å². The molecule has 0 radical (unpaired) electrons. The summed E-state index contributed by atoms with van der Waals surface area (Å²) in [6.07, 6.45) is 4.56. The molecule has 5 nitrogen and oxygen atoms in total. The van der Waals surface area contributed by atoms with Crippen molar-refractivity contribution in [2.45, 2.75) is 38.6 Å². The van der Waals surface area contributed by atoms with Crippen LogP contribution in [0.4, 0.5) is 5.69 Å². The van der Waals surface area contributed by atoms with Crippen LogP contribution in [-0.2, 0) is 11.2 Å². The molecule has 2 aromatic carbocycles. The third-order valence-corrected chi connectivity index (χ3v) is 5.18. The molecule has 1 aliphatic rings. The van der Waals surface area contributed by atoms with E-state index in [1.165, 1.54) is 24.8 Å². The van der Waals surface area contributed by atoms with E-state index in [0.29, 0.717) is 30.2 Å². The van der Waals surface area contributed by atoms with Gasteiger partial charge in [-0.3, -0.25) is 4.90 Å². The van der Waals surface area contributed by atoms with Crippen LogP contribution in [0, 0.1) is 0 Å². The molecule has 1 fully saturated rings. The fourth-order valence-corrected chi connectivity index (χ4v) is 3.66. The molecule has 0 spiro atoms. The van der Waals surface area contributed by atoms with Crippen LogP contribution in [0.3, 0.4) is 0 Å². The van der Waals surface area contributed by atoms with Crippen LogP contribution in [0.1, 0.15) is 42.1 Å². The number of carbonyl (C=O) groups is 1. The zero-order valence-electron chi connectivity index (χ0n) is 16.6. The fraction of sp³-hybridized carbons (Fsp3) is 0.435. The number of benzene rings is 2. The zero-order chi connectivity index (χ0) is 19.8. The van der Waals surface area contributed by atoms with E-state index in [0.717, 1.165) is 19.5 Å². The first-order valence-corrected chi connectivity index (χ1v) is 10.1. The summed E-state index contributed by atoms with van der Waals surface area (Å²) in [5.41, 5.74) is 8.15. The molecule has 5 heteroatoms. The summed E-state index contributed by atoms with van der Waals surface area (Å²) in [4.78, 5) is 15.1. The first-order valence-electron chi connectivity index (χ1n) is 10.1. The highest BCUT2D eigenvalue weighted by atomic mass is 16.5. The van der Waals surface area contributed by atoms with E-state index in [2.05, 4.69) is 29.2 Å². The van der Waals surface area contributed by atoms with Gasteiger partial charge in [0.05, 0.1) is 17.9 Å². The molecule has 2 N–H and O–H groups in total. The number of rotatable bonds is 8. The van der Waals surface area contributed by atoms with Crippen molar-refractivity contribution in [1.29, 1.82) is 0 Å². The third kappa shape index (κ3) is 5.49. The lowest BCUT2D eigenvalue weighted by Crippen LogP contribution is -2.43. The number of hydrogen-bond acceptors (Lipinski definition) is 5. The van der Waals surface area contributed by atoms with Gasteiger partial charge in [0, 0.05) is 6.04 Å². The summed E-state index contributed by atoms with van der Waals surface area (Å²) in [5, 5.41) is 0. The van der Waals surface area contributed by atoms with Crippen molar-refractivity contribution in [1.82, 2.24) is 4.90 Å². The average molecular weight is 383 g/mol. The number of anilines is 1. The maximum atomic E-state index is 12.6. The highest BCUT2D eigenvalue weighted by Crippen LogP contribution is 2.23. The normalized spacial score (nSPS) is 15.8. The second-order valence-electron chi connectivity index (χ2n) is 7.22. The highest BCUT2D eigenvalue weighted by Gasteiger charge is 2.23. The maximum Gasteiger partial charge on any atom is 0.338 e. The molecule has 2 aromatic rings. The zero-order valence-corrected chi connectivity index (χ0v) is 16.6. The van der Waals surface area contributed by atoms with Crippen LogP contribution < -0.4 is 10.5 Å². The maximum absolute atomic E-state index is 12.6. The third-order valence-electron chi connectivity index (χ3n) is 5.18. The minimum Gasteiger partial charge on any atom is -0.492 e. The molecule has 1 heterocycles. The van der Waals surface area contributed by atoms with Gasteiger partial charge >= 0.3 is 5.97 Å². The molecule has 1 aliphatic heterocycles. The SMILES string of the molecule is CCOc1cc(C(=O)OC[C@H](Cc2ccccc2)N2CCCCC2)ccc1N. The van der Waals surface area contributed by atoms with E-state index in [4.69, 9.17) is 15.2 Å². The Balaban J connectivity index is 1.66. The number of carbonyl (C=O) groups excluding carboxylic acids is 1. The molecule has 1 atom stereocenters. The van der Waals surface area contributed by atoms with E-state index in [9.17, 15) is 4.79 Å². The molecule has 0 unspecified atom stereocenters. The minimum atomic E-state index is -0.337. The Hall–Kier alpha value is -2.53. The van der Waals surface area contributed by atoms with Crippen molar-refractivity contribution >= 4 is 11.7 Å². The Labute approximate surface area is 167 Å². The van der Waals surface area contributed by atoms with Gasteiger partial charge in [-0.25, -0.2) is 4.79 Å². The second kappa shape index (κ2) is 10.1. The molecule has 3 rings (SSSR count). The Morgan fingerprint density at radius 2 is 1.86 bits per heavy atom. The summed E-state index contributed by atoms with van der Waals surface area (Å²) >= 11 is 0. The molecular weight excluding hydrogens is 352 g/mol. The van der Waals surface area contributed by atoms with E-state index in [1.807, 2.05) is 13.0 Å². The molecule has 0 amide bonds. The monoisotopic (exact) mass is 382 g/mol. The van der Waals surface area contributed by atoms with Gasteiger partial charge in [-0.1, -0.05) is 36.8 Å². The van der Waals surface area contributed by atoms with Crippen LogP contribution in [0.5, 0.6) is 5.75 Å². The number of likely N-dealkylation sites (tertiary alicyclic amines) is 1. The van der Waals surface area contributed by atoms with Gasteiger partial charge in [0.1, 0.15) is 12.4 Å². The summed E-state index contributed by atoms with van der Waals surface area (Å²) in [7, 11) is 0. The van der Waals surface area contributed by atoms with Crippen LogP contribution >= 0.6 is 0 Å². The lowest BCUT2D eigenvalue weighted by molar-refractivity contribution is 0.0320. The van der Waals surface area contributed by atoms with Crippen molar-refractivity contribution < 1.29 is 14.3 Å². The van der Waals surface area contributed by atoms with Crippen LogP contribution in [0.25, 0.3) is 0 Å². The molecule has 28 heavy (non-hydrogen) atoms. The Kier molecular flexibility index (Phi) is 7.31. The molecular formula is C23H30N2O3. The first-order chi connectivity index (χ1) is 13.7. The quantitative estimate of drug-likeness (QED) is 0.554. The summed E-state index contributed by atoms with van der Waals surface area (Å²) in [6.45, 7) is 4.88. The van der Waals surface area contributed by atoms with Gasteiger partial charge in [0.25, 0.3) is 0 Å². The first kappa shape index (κ1) is 20.2. The predicted molar refractivity (Wildman–Crippen MR) is 112 cm³/mol. The number of hydrogen-bond donors (Lipinski definition) is 1. The second-order valence-corrected chi connectivity index (χ2v) is 7.22. The lowest BCUT2D eigenvalue weighted by Gasteiger charge is -2.34. The van der Waals surface area contributed by atoms with Gasteiger partial charge in [0.15, 0.2) is 0 Å². The van der Waals surface area contributed by atoms with Crippen LogP contribution in [0.15, 0.2) is 48.5 Å². The predicted octanol–water partition coefficient (Wildman–Crippen LogP) is 3.92.